The van der Waals surface area contributed by atoms with Crippen molar-refractivity contribution >= 4 is 38.9 Å². The summed E-state index contributed by atoms with van der Waals surface area (Å²) in [5, 5.41) is 1.19. The first kappa shape index (κ1) is 29.3. The van der Waals surface area contributed by atoms with Crippen LogP contribution in [0.3, 0.4) is 0 Å². The van der Waals surface area contributed by atoms with Crippen LogP contribution in [0.1, 0.15) is 21.7 Å². The lowest BCUT2D eigenvalue weighted by Crippen LogP contribution is -2.35. The first-order valence-corrected chi connectivity index (χ1v) is 16.2. The van der Waals surface area contributed by atoms with Gasteiger partial charge < -0.3 is 19.1 Å². The lowest BCUT2D eigenvalue weighted by Gasteiger charge is -2.28. The molecule has 5 aromatic rings. The number of benzene rings is 4. The lowest BCUT2D eigenvalue weighted by molar-refractivity contribution is -0.642. The van der Waals surface area contributed by atoms with E-state index < -0.39 is 0 Å². The van der Waals surface area contributed by atoms with Crippen molar-refractivity contribution in [3.63, 3.8) is 0 Å². The molecule has 0 unspecified atom stereocenters. The molecule has 3 heterocycles. The highest BCUT2D eigenvalue weighted by molar-refractivity contribution is 7.19. The first-order chi connectivity index (χ1) is 22.1. The van der Waals surface area contributed by atoms with Gasteiger partial charge in [0, 0.05) is 55.8 Å². The van der Waals surface area contributed by atoms with Gasteiger partial charge in [-0.1, -0.05) is 59.9 Å². The normalized spacial score (nSPS) is 15.9. The van der Waals surface area contributed by atoms with Crippen LogP contribution in [-0.4, -0.2) is 45.4 Å². The number of hydrogen-bond donors (Lipinski definition) is 0. The number of morpholine rings is 1. The number of fused-ring (bicyclic) bond motifs is 2. The van der Waals surface area contributed by atoms with E-state index in [0.29, 0.717) is 0 Å². The Labute approximate surface area is 269 Å². The highest BCUT2D eigenvalue weighted by atomic mass is 32.1. The number of rotatable bonds is 8. The molecular weight excluding hydrogens is 579 g/mol. The van der Waals surface area contributed by atoms with Gasteiger partial charge in [-0.15, -0.1) is 0 Å². The summed E-state index contributed by atoms with van der Waals surface area (Å²) in [6.07, 6.45) is 6.76. The molecule has 2 aliphatic rings. The molecule has 0 bridgehead atoms. The Morgan fingerprint density at radius 2 is 1.56 bits per heavy atom. The summed E-state index contributed by atoms with van der Waals surface area (Å²) < 4.78 is 20.4. The standard InChI is InChI=1S/C38H38N3O3S/c1-39-33-16-15-30(38-34(42-2)9-6-10-35(38)43-3)23-36(33)45-37(39)24-29-17-18-41(32-8-5-4-7-31(29)32)26-28-13-11-27(12-14-28)25-40-19-21-44-22-20-40/h4-18,23-24H,19-22,25-26H2,1-3H3/q+1. The van der Waals surface area contributed by atoms with E-state index in [1.54, 1.807) is 25.6 Å². The van der Waals surface area contributed by atoms with Crippen LogP contribution in [0.15, 0.2) is 97.2 Å². The molecule has 0 spiro atoms. The van der Waals surface area contributed by atoms with E-state index in [1.807, 2.05) is 18.2 Å². The first-order valence-electron chi connectivity index (χ1n) is 15.4. The van der Waals surface area contributed by atoms with Crippen LogP contribution in [0.2, 0.25) is 0 Å². The van der Waals surface area contributed by atoms with E-state index in [-0.39, 0.29) is 0 Å². The van der Waals surface area contributed by atoms with Gasteiger partial charge in [-0.25, -0.2) is 0 Å². The second kappa shape index (κ2) is 12.9. The van der Waals surface area contributed by atoms with Crippen molar-refractivity contribution in [1.29, 1.82) is 0 Å². The van der Waals surface area contributed by atoms with Crippen LogP contribution in [0, 0.1) is 0 Å². The number of nitrogens with zero attached hydrogens (tertiary/aromatic N) is 3. The molecule has 7 heteroatoms. The second-order valence-electron chi connectivity index (χ2n) is 11.5. The van der Waals surface area contributed by atoms with Crippen molar-refractivity contribution in [3.05, 3.63) is 119 Å². The van der Waals surface area contributed by atoms with Gasteiger partial charge in [0.15, 0.2) is 0 Å². The SMILES string of the molecule is COc1cccc(OC)c1-c1ccc2c(c1)sc(C=C1C=CN(Cc3ccc(CN4CCOCC4)cc3)c3ccccc31)[n+]2C. The number of hydrogen-bond acceptors (Lipinski definition) is 6. The fraction of sp³-hybridized carbons (Fsp3) is 0.237. The monoisotopic (exact) mass is 616 g/mol. The lowest BCUT2D eigenvalue weighted by atomic mass is 9.99. The van der Waals surface area contributed by atoms with Gasteiger partial charge in [0.05, 0.1) is 33.0 Å². The number of para-hydroxylation sites is 1. The molecule has 2 aliphatic heterocycles. The van der Waals surface area contributed by atoms with E-state index >= 15 is 0 Å². The third-order valence-electron chi connectivity index (χ3n) is 8.71. The molecule has 1 saturated heterocycles. The fourth-order valence-corrected chi connectivity index (χ4v) is 7.40. The van der Waals surface area contributed by atoms with Crippen LogP contribution in [-0.2, 0) is 24.9 Å². The Kier molecular flexibility index (Phi) is 8.39. The van der Waals surface area contributed by atoms with Gasteiger partial charge in [-0.05, 0) is 58.7 Å². The predicted molar refractivity (Wildman–Crippen MR) is 184 cm³/mol. The van der Waals surface area contributed by atoms with Gasteiger partial charge in [0.1, 0.15) is 23.2 Å². The van der Waals surface area contributed by atoms with Crippen molar-refractivity contribution in [1.82, 2.24) is 4.90 Å². The van der Waals surface area contributed by atoms with Crippen LogP contribution in [0.25, 0.3) is 33.0 Å². The molecule has 45 heavy (non-hydrogen) atoms. The van der Waals surface area contributed by atoms with Crippen molar-refractivity contribution in [2.45, 2.75) is 13.1 Å². The van der Waals surface area contributed by atoms with E-state index in [9.17, 15) is 0 Å². The van der Waals surface area contributed by atoms with Gasteiger partial charge in [0.25, 0.3) is 5.01 Å². The topological polar surface area (TPSA) is 38.1 Å². The Morgan fingerprint density at radius 1 is 0.844 bits per heavy atom. The molecule has 1 aromatic heterocycles. The van der Waals surface area contributed by atoms with E-state index in [4.69, 9.17) is 14.2 Å². The third-order valence-corrected chi connectivity index (χ3v) is 9.85. The predicted octanol–water partition coefficient (Wildman–Crippen LogP) is 7.32. The minimum absolute atomic E-state index is 0.800. The number of thiazole rings is 1. The van der Waals surface area contributed by atoms with Crippen molar-refractivity contribution in [3.8, 4) is 22.6 Å². The van der Waals surface area contributed by atoms with E-state index in [1.165, 1.54) is 43.2 Å². The maximum absolute atomic E-state index is 5.69. The van der Waals surface area contributed by atoms with Crippen molar-refractivity contribution in [2.75, 3.05) is 45.4 Å². The zero-order valence-corrected chi connectivity index (χ0v) is 26.8. The third kappa shape index (κ3) is 5.99. The summed E-state index contributed by atoms with van der Waals surface area (Å²) in [6, 6.07) is 30.3. The summed E-state index contributed by atoms with van der Waals surface area (Å²) in [4.78, 5) is 4.81. The molecule has 1 fully saturated rings. The molecule has 0 amide bonds. The largest absolute Gasteiger partial charge is 0.496 e. The number of anilines is 1. The molecule has 0 N–H and O–H groups in total. The Morgan fingerprint density at radius 3 is 2.29 bits per heavy atom. The molecule has 0 saturated carbocycles. The summed E-state index contributed by atoms with van der Waals surface area (Å²) in [6.45, 7) is 5.48. The molecule has 6 nitrogen and oxygen atoms in total. The van der Waals surface area contributed by atoms with Gasteiger partial charge in [-0.2, -0.15) is 4.57 Å². The zero-order chi connectivity index (χ0) is 30.8. The summed E-state index contributed by atoms with van der Waals surface area (Å²) in [7, 11) is 5.54. The number of ether oxygens (including phenoxy) is 3. The van der Waals surface area contributed by atoms with Crippen LogP contribution >= 0.6 is 11.3 Å². The van der Waals surface area contributed by atoms with Gasteiger partial charge in [-0.3, -0.25) is 4.90 Å². The minimum atomic E-state index is 0.800. The van der Waals surface area contributed by atoms with Gasteiger partial charge >= 0.3 is 0 Å². The Balaban J connectivity index is 1.15. The average Bonchev–Trinajstić information content (AvgIpc) is 3.40. The smallest absolute Gasteiger partial charge is 0.263 e. The highest BCUT2D eigenvalue weighted by Crippen LogP contribution is 2.40. The average molecular weight is 617 g/mol. The van der Waals surface area contributed by atoms with Crippen LogP contribution < -0.4 is 18.9 Å². The van der Waals surface area contributed by atoms with Crippen molar-refractivity contribution in [2.24, 2.45) is 7.05 Å². The Bertz CT molecular complexity index is 1860. The number of aromatic nitrogens is 1. The maximum atomic E-state index is 5.69. The molecule has 0 aliphatic carbocycles. The second-order valence-corrected chi connectivity index (χ2v) is 12.5. The fourth-order valence-electron chi connectivity index (χ4n) is 6.26. The number of aryl methyl sites for hydroxylation is 1. The summed E-state index contributed by atoms with van der Waals surface area (Å²) >= 11 is 1.79. The van der Waals surface area contributed by atoms with Gasteiger partial charge in [0.2, 0.25) is 5.52 Å². The molecular formula is C38H38N3O3S+. The molecule has 0 radical (unpaired) electrons. The molecule has 0 atom stereocenters. The van der Waals surface area contributed by atoms with E-state index in [2.05, 4.69) is 106 Å². The van der Waals surface area contributed by atoms with Crippen molar-refractivity contribution < 1.29 is 18.8 Å². The summed E-state index contributed by atoms with van der Waals surface area (Å²) in [5.74, 6) is 1.60. The molecule has 228 valence electrons. The van der Waals surface area contributed by atoms with E-state index in [0.717, 1.165) is 62.0 Å². The zero-order valence-electron chi connectivity index (χ0n) is 26.0. The highest BCUT2D eigenvalue weighted by Gasteiger charge is 2.22. The van der Waals surface area contributed by atoms with Crippen LogP contribution in [0.5, 0.6) is 11.5 Å². The molecule has 4 aromatic carbocycles. The minimum Gasteiger partial charge on any atom is -0.496 e. The molecule has 7 rings (SSSR count). The quantitative estimate of drug-likeness (QED) is 0.171. The number of allylic oxidation sites excluding steroid dienone is 2. The van der Waals surface area contributed by atoms with Crippen LogP contribution in [0.4, 0.5) is 5.69 Å². The maximum Gasteiger partial charge on any atom is 0.263 e. The Hall–Kier alpha value is -4.43. The number of methoxy groups -OCH3 is 2. The summed E-state index contributed by atoms with van der Waals surface area (Å²) in [5.41, 5.74) is 9.55.